The van der Waals surface area contributed by atoms with Gasteiger partial charge in [-0.3, -0.25) is 9.69 Å². The van der Waals surface area contributed by atoms with Crippen molar-refractivity contribution in [2.24, 2.45) is 0 Å². The van der Waals surface area contributed by atoms with E-state index in [4.69, 9.17) is 4.74 Å². The van der Waals surface area contributed by atoms with Gasteiger partial charge in [0.1, 0.15) is 12.4 Å². The maximum Gasteiger partial charge on any atom is 0.410 e. The number of hydrogen-bond acceptors (Lipinski definition) is 5. The molecule has 0 unspecified atom stereocenters. The van der Waals surface area contributed by atoms with Gasteiger partial charge in [-0.25, -0.2) is 9.78 Å². The highest BCUT2D eigenvalue weighted by Gasteiger charge is 2.27. The Morgan fingerprint density at radius 3 is 2.68 bits per heavy atom. The van der Waals surface area contributed by atoms with Crippen molar-refractivity contribution in [1.82, 2.24) is 14.8 Å². The highest BCUT2D eigenvalue weighted by molar-refractivity contribution is 5.82. The van der Waals surface area contributed by atoms with Crippen molar-refractivity contribution in [2.45, 2.75) is 6.42 Å². The van der Waals surface area contributed by atoms with Crippen LogP contribution in [0.5, 0.6) is 0 Å². The van der Waals surface area contributed by atoms with Gasteiger partial charge in [-0.1, -0.05) is 6.07 Å². The summed E-state index contributed by atoms with van der Waals surface area (Å²) in [5.74, 6) is 0.925. The Labute approximate surface area is 129 Å². The number of anilines is 1. The molecule has 0 atom stereocenters. The van der Waals surface area contributed by atoms with Crippen LogP contribution < -0.4 is 4.90 Å². The van der Waals surface area contributed by atoms with E-state index in [2.05, 4.69) is 9.88 Å². The maximum absolute atomic E-state index is 12.3. The van der Waals surface area contributed by atoms with Crippen molar-refractivity contribution in [1.29, 1.82) is 0 Å². The molecule has 2 aliphatic heterocycles. The minimum Gasteiger partial charge on any atom is -0.449 e. The highest BCUT2D eigenvalue weighted by Crippen LogP contribution is 2.13. The standard InChI is InChI=1S/C15H20N4O3/c20-14(12-19-6-3-11-22-15(19)21)18-9-7-17(8-10-18)13-4-1-2-5-16-13/h1-2,4-5H,3,6-12H2. The van der Waals surface area contributed by atoms with Crippen molar-refractivity contribution in [3.8, 4) is 0 Å². The number of pyridine rings is 1. The normalized spacial score (nSPS) is 19.1. The fraction of sp³-hybridized carbons (Fsp3) is 0.533. The molecule has 1 aromatic heterocycles. The number of ether oxygens (including phenoxy) is 1. The highest BCUT2D eigenvalue weighted by atomic mass is 16.6. The first-order valence-electron chi connectivity index (χ1n) is 7.59. The summed E-state index contributed by atoms with van der Waals surface area (Å²) in [6, 6.07) is 5.82. The minimum atomic E-state index is -0.383. The number of rotatable bonds is 3. The smallest absolute Gasteiger partial charge is 0.410 e. The second kappa shape index (κ2) is 6.64. The average Bonchev–Trinajstić information content (AvgIpc) is 2.58. The van der Waals surface area contributed by atoms with Crippen LogP contribution in [0.3, 0.4) is 0 Å². The molecule has 3 heterocycles. The summed E-state index contributed by atoms with van der Waals surface area (Å²) >= 11 is 0. The van der Waals surface area contributed by atoms with Gasteiger partial charge < -0.3 is 14.5 Å². The fourth-order valence-electron chi connectivity index (χ4n) is 2.73. The number of carbonyl (C=O) groups excluding carboxylic acids is 2. The molecule has 2 aliphatic rings. The minimum absolute atomic E-state index is 0.0143. The molecule has 0 saturated carbocycles. The number of amides is 2. The summed E-state index contributed by atoms with van der Waals surface area (Å²) in [6.07, 6.45) is 2.17. The Bertz CT molecular complexity index is 529. The Morgan fingerprint density at radius 1 is 1.18 bits per heavy atom. The van der Waals surface area contributed by atoms with E-state index >= 15 is 0 Å². The Kier molecular flexibility index (Phi) is 4.41. The van der Waals surface area contributed by atoms with Crippen LogP contribution in [0, 0.1) is 0 Å². The zero-order valence-corrected chi connectivity index (χ0v) is 12.5. The lowest BCUT2D eigenvalue weighted by molar-refractivity contribution is -0.132. The van der Waals surface area contributed by atoms with Gasteiger partial charge in [0.25, 0.3) is 0 Å². The summed E-state index contributed by atoms with van der Waals surface area (Å²) in [5.41, 5.74) is 0. The lowest BCUT2D eigenvalue weighted by Gasteiger charge is -2.36. The van der Waals surface area contributed by atoms with Crippen LogP contribution in [0.4, 0.5) is 10.6 Å². The summed E-state index contributed by atoms with van der Waals surface area (Å²) in [6.45, 7) is 3.98. The van der Waals surface area contributed by atoms with Crippen molar-refractivity contribution in [2.75, 3.05) is 50.8 Å². The first kappa shape index (κ1) is 14.6. The molecule has 1 aromatic rings. The Balaban J connectivity index is 1.50. The van der Waals surface area contributed by atoms with Gasteiger partial charge in [0.15, 0.2) is 0 Å². The largest absolute Gasteiger partial charge is 0.449 e. The molecule has 0 aromatic carbocycles. The molecular weight excluding hydrogens is 284 g/mol. The van der Waals surface area contributed by atoms with E-state index < -0.39 is 0 Å². The molecule has 2 saturated heterocycles. The van der Waals surface area contributed by atoms with E-state index in [-0.39, 0.29) is 18.5 Å². The molecule has 2 fully saturated rings. The van der Waals surface area contributed by atoms with Crippen LogP contribution in [0.15, 0.2) is 24.4 Å². The first-order chi connectivity index (χ1) is 10.7. The number of piperazine rings is 1. The van der Waals surface area contributed by atoms with E-state index in [1.807, 2.05) is 18.2 Å². The van der Waals surface area contributed by atoms with Crippen LogP contribution in [0.25, 0.3) is 0 Å². The van der Waals surface area contributed by atoms with E-state index in [0.29, 0.717) is 26.2 Å². The van der Waals surface area contributed by atoms with Crippen molar-refractivity contribution >= 4 is 17.8 Å². The first-order valence-corrected chi connectivity index (χ1v) is 7.59. The Hall–Kier alpha value is -2.31. The molecular formula is C15H20N4O3. The SMILES string of the molecule is O=C(CN1CCCOC1=O)N1CCN(c2ccccn2)CC1. The second-order valence-electron chi connectivity index (χ2n) is 5.45. The molecule has 118 valence electrons. The van der Waals surface area contributed by atoms with E-state index in [0.717, 1.165) is 25.3 Å². The third-order valence-corrected chi connectivity index (χ3v) is 3.99. The molecule has 22 heavy (non-hydrogen) atoms. The quantitative estimate of drug-likeness (QED) is 0.817. The van der Waals surface area contributed by atoms with E-state index in [9.17, 15) is 9.59 Å². The molecule has 2 amide bonds. The third kappa shape index (κ3) is 3.29. The van der Waals surface area contributed by atoms with E-state index in [1.165, 1.54) is 4.90 Å². The molecule has 0 N–H and O–H groups in total. The van der Waals surface area contributed by atoms with Crippen LogP contribution >= 0.6 is 0 Å². The Morgan fingerprint density at radius 2 is 2.00 bits per heavy atom. The topological polar surface area (TPSA) is 66.0 Å². The molecule has 7 nitrogen and oxygen atoms in total. The molecule has 0 radical (unpaired) electrons. The second-order valence-corrected chi connectivity index (χ2v) is 5.45. The number of cyclic esters (lactones) is 1. The maximum atomic E-state index is 12.3. The van der Waals surface area contributed by atoms with Crippen molar-refractivity contribution < 1.29 is 14.3 Å². The van der Waals surface area contributed by atoms with Crippen LogP contribution in [-0.4, -0.2) is 72.7 Å². The predicted molar refractivity (Wildman–Crippen MR) is 80.6 cm³/mol. The molecule has 3 rings (SSSR count). The predicted octanol–water partition coefficient (Wildman–Crippen LogP) is 0.572. The third-order valence-electron chi connectivity index (χ3n) is 3.99. The fourth-order valence-corrected chi connectivity index (χ4v) is 2.73. The number of nitrogens with zero attached hydrogens (tertiary/aromatic N) is 4. The van der Waals surface area contributed by atoms with Gasteiger partial charge in [-0.2, -0.15) is 0 Å². The van der Waals surface area contributed by atoms with Crippen LogP contribution in [0.2, 0.25) is 0 Å². The molecule has 7 heteroatoms. The summed E-state index contributed by atoms with van der Waals surface area (Å²) in [4.78, 5) is 33.6. The zero-order chi connectivity index (χ0) is 15.4. The lowest BCUT2D eigenvalue weighted by atomic mass is 10.3. The van der Waals surface area contributed by atoms with Crippen molar-refractivity contribution in [3.63, 3.8) is 0 Å². The van der Waals surface area contributed by atoms with Gasteiger partial charge in [-0.15, -0.1) is 0 Å². The summed E-state index contributed by atoms with van der Waals surface area (Å²) in [7, 11) is 0. The molecule has 0 spiro atoms. The van der Waals surface area contributed by atoms with E-state index in [1.54, 1.807) is 11.1 Å². The summed E-state index contributed by atoms with van der Waals surface area (Å²) in [5, 5.41) is 0. The van der Waals surface area contributed by atoms with Crippen LogP contribution in [0.1, 0.15) is 6.42 Å². The van der Waals surface area contributed by atoms with Crippen LogP contribution in [-0.2, 0) is 9.53 Å². The lowest BCUT2D eigenvalue weighted by Crippen LogP contribution is -2.52. The number of hydrogen-bond donors (Lipinski definition) is 0. The zero-order valence-electron chi connectivity index (χ0n) is 12.5. The number of aromatic nitrogens is 1. The molecule has 0 aliphatic carbocycles. The van der Waals surface area contributed by atoms with Gasteiger partial charge in [0.2, 0.25) is 5.91 Å². The van der Waals surface area contributed by atoms with Gasteiger partial charge in [0, 0.05) is 38.9 Å². The van der Waals surface area contributed by atoms with Gasteiger partial charge in [0.05, 0.1) is 6.61 Å². The molecule has 0 bridgehead atoms. The van der Waals surface area contributed by atoms with Gasteiger partial charge in [-0.05, 0) is 18.6 Å². The summed E-state index contributed by atoms with van der Waals surface area (Å²) < 4.78 is 4.95. The average molecular weight is 304 g/mol. The monoisotopic (exact) mass is 304 g/mol. The van der Waals surface area contributed by atoms with Gasteiger partial charge >= 0.3 is 6.09 Å². The number of carbonyl (C=O) groups is 2. The van der Waals surface area contributed by atoms with Crippen molar-refractivity contribution in [3.05, 3.63) is 24.4 Å².